The number of anilines is 2. The SMILES string of the molecule is O=C(Nc1ccc(Oc2cccc(NC(=O)c3ccccc3)c2)cc1)c1ccccc1. The first-order valence-corrected chi connectivity index (χ1v) is 9.78. The van der Waals surface area contributed by atoms with Crippen LogP contribution in [0, 0.1) is 0 Å². The summed E-state index contributed by atoms with van der Waals surface area (Å²) in [6.07, 6.45) is 0. The highest BCUT2D eigenvalue weighted by Gasteiger charge is 2.07. The second-order valence-corrected chi connectivity index (χ2v) is 6.79. The minimum Gasteiger partial charge on any atom is -0.457 e. The Bertz CT molecular complexity index is 1170. The molecule has 0 aliphatic carbocycles. The van der Waals surface area contributed by atoms with Gasteiger partial charge in [0.05, 0.1) is 0 Å². The molecule has 0 atom stereocenters. The number of carbonyl (C=O) groups is 2. The lowest BCUT2D eigenvalue weighted by Crippen LogP contribution is -2.11. The van der Waals surface area contributed by atoms with Gasteiger partial charge in [0.25, 0.3) is 11.8 Å². The first-order chi connectivity index (χ1) is 15.2. The molecule has 0 spiro atoms. The van der Waals surface area contributed by atoms with Crippen LogP contribution in [0.5, 0.6) is 11.5 Å². The van der Waals surface area contributed by atoms with E-state index in [-0.39, 0.29) is 11.8 Å². The van der Waals surface area contributed by atoms with Crippen molar-refractivity contribution in [3.8, 4) is 11.5 Å². The summed E-state index contributed by atoms with van der Waals surface area (Å²) in [6, 6.07) is 32.3. The molecule has 0 radical (unpaired) electrons. The average Bonchev–Trinajstić information content (AvgIpc) is 2.82. The van der Waals surface area contributed by atoms with Crippen molar-refractivity contribution in [1.82, 2.24) is 0 Å². The Morgan fingerprint density at radius 3 is 1.65 bits per heavy atom. The molecule has 0 saturated heterocycles. The van der Waals surface area contributed by atoms with Gasteiger partial charge in [-0.2, -0.15) is 0 Å². The molecule has 0 aliphatic rings. The molecule has 0 heterocycles. The highest BCUT2D eigenvalue weighted by molar-refractivity contribution is 6.04. The van der Waals surface area contributed by atoms with E-state index in [1.807, 2.05) is 48.5 Å². The Labute approximate surface area is 180 Å². The van der Waals surface area contributed by atoms with Crippen molar-refractivity contribution in [1.29, 1.82) is 0 Å². The van der Waals surface area contributed by atoms with E-state index >= 15 is 0 Å². The lowest BCUT2D eigenvalue weighted by molar-refractivity contribution is 0.101. The summed E-state index contributed by atoms with van der Waals surface area (Å²) >= 11 is 0. The normalized spacial score (nSPS) is 10.2. The van der Waals surface area contributed by atoms with Crippen LogP contribution < -0.4 is 15.4 Å². The highest BCUT2D eigenvalue weighted by Crippen LogP contribution is 2.26. The zero-order valence-electron chi connectivity index (χ0n) is 16.6. The molecule has 4 aromatic rings. The second-order valence-electron chi connectivity index (χ2n) is 6.79. The zero-order valence-corrected chi connectivity index (χ0v) is 16.6. The van der Waals surface area contributed by atoms with Crippen LogP contribution in [0.2, 0.25) is 0 Å². The third kappa shape index (κ3) is 5.36. The smallest absolute Gasteiger partial charge is 0.255 e. The van der Waals surface area contributed by atoms with Crippen molar-refractivity contribution in [3.63, 3.8) is 0 Å². The summed E-state index contributed by atoms with van der Waals surface area (Å²) < 4.78 is 5.89. The van der Waals surface area contributed by atoms with Crippen molar-refractivity contribution >= 4 is 23.2 Å². The molecule has 0 aromatic heterocycles. The van der Waals surface area contributed by atoms with Crippen molar-refractivity contribution in [2.24, 2.45) is 0 Å². The summed E-state index contributed by atoms with van der Waals surface area (Å²) in [5.74, 6) is 0.851. The lowest BCUT2D eigenvalue weighted by atomic mass is 10.2. The number of hydrogen-bond acceptors (Lipinski definition) is 3. The van der Waals surface area contributed by atoms with E-state index < -0.39 is 0 Å². The summed E-state index contributed by atoms with van der Waals surface area (Å²) in [6.45, 7) is 0. The quantitative estimate of drug-likeness (QED) is 0.412. The minimum absolute atomic E-state index is 0.170. The van der Waals surface area contributed by atoms with Gasteiger partial charge in [0.1, 0.15) is 11.5 Å². The van der Waals surface area contributed by atoms with E-state index in [2.05, 4.69) is 10.6 Å². The summed E-state index contributed by atoms with van der Waals surface area (Å²) in [5, 5.41) is 5.72. The van der Waals surface area contributed by atoms with Gasteiger partial charge in [0.2, 0.25) is 0 Å². The van der Waals surface area contributed by atoms with Crippen molar-refractivity contribution in [3.05, 3.63) is 120 Å². The summed E-state index contributed by atoms with van der Waals surface area (Å²) in [7, 11) is 0. The fourth-order valence-corrected chi connectivity index (χ4v) is 2.97. The Hall–Kier alpha value is -4.38. The van der Waals surface area contributed by atoms with Gasteiger partial charge >= 0.3 is 0 Å². The highest BCUT2D eigenvalue weighted by atomic mass is 16.5. The molecule has 4 aromatic carbocycles. The largest absolute Gasteiger partial charge is 0.457 e. The number of ether oxygens (including phenoxy) is 1. The summed E-state index contributed by atoms with van der Waals surface area (Å²) in [4.78, 5) is 24.6. The molecule has 5 nitrogen and oxygen atoms in total. The van der Waals surface area contributed by atoms with Gasteiger partial charge < -0.3 is 15.4 Å². The van der Waals surface area contributed by atoms with Crippen LogP contribution in [-0.4, -0.2) is 11.8 Å². The lowest BCUT2D eigenvalue weighted by Gasteiger charge is -2.10. The van der Waals surface area contributed by atoms with Crippen molar-refractivity contribution < 1.29 is 14.3 Å². The molecule has 0 saturated carbocycles. The summed E-state index contributed by atoms with van der Waals surface area (Å²) in [5.41, 5.74) is 2.49. The monoisotopic (exact) mass is 408 g/mol. The number of hydrogen-bond donors (Lipinski definition) is 2. The predicted octanol–water partition coefficient (Wildman–Crippen LogP) is 5.98. The van der Waals surface area contributed by atoms with E-state index in [0.29, 0.717) is 34.0 Å². The van der Waals surface area contributed by atoms with Crippen molar-refractivity contribution in [2.75, 3.05) is 10.6 Å². The minimum atomic E-state index is -0.184. The Kier molecular flexibility index (Phi) is 6.05. The number of rotatable bonds is 6. The first-order valence-electron chi connectivity index (χ1n) is 9.78. The van der Waals surface area contributed by atoms with Gasteiger partial charge in [-0.25, -0.2) is 0 Å². The molecule has 2 amide bonds. The van der Waals surface area contributed by atoms with E-state index in [0.717, 1.165) is 0 Å². The number of carbonyl (C=O) groups excluding carboxylic acids is 2. The van der Waals surface area contributed by atoms with Crippen LogP contribution in [0.25, 0.3) is 0 Å². The van der Waals surface area contributed by atoms with Gasteiger partial charge in [-0.1, -0.05) is 42.5 Å². The number of benzene rings is 4. The molecule has 0 bridgehead atoms. The maximum atomic E-state index is 12.3. The van der Waals surface area contributed by atoms with Gasteiger partial charge in [-0.05, 0) is 60.7 Å². The predicted molar refractivity (Wildman–Crippen MR) is 122 cm³/mol. The molecule has 2 N–H and O–H groups in total. The maximum Gasteiger partial charge on any atom is 0.255 e. The van der Waals surface area contributed by atoms with E-state index in [1.54, 1.807) is 60.7 Å². The molecule has 0 fully saturated rings. The van der Waals surface area contributed by atoms with E-state index in [4.69, 9.17) is 4.74 Å². The fraction of sp³-hybridized carbons (Fsp3) is 0. The van der Waals surface area contributed by atoms with Gasteiger partial charge in [-0.15, -0.1) is 0 Å². The Morgan fingerprint density at radius 2 is 1.06 bits per heavy atom. The third-order valence-electron chi connectivity index (χ3n) is 4.51. The third-order valence-corrected chi connectivity index (χ3v) is 4.51. The topological polar surface area (TPSA) is 67.4 Å². The first kappa shape index (κ1) is 19.9. The van der Waals surface area contributed by atoms with E-state index in [9.17, 15) is 9.59 Å². The maximum absolute atomic E-state index is 12.3. The standard InChI is InChI=1S/C26H20N2O3/c29-25(19-8-3-1-4-9-19)27-21-14-16-23(17-15-21)31-24-13-7-12-22(18-24)28-26(30)20-10-5-2-6-11-20/h1-18H,(H,27,29)(H,28,30). The number of nitrogens with one attached hydrogen (secondary N) is 2. The van der Waals surface area contributed by atoms with Crippen molar-refractivity contribution in [2.45, 2.75) is 0 Å². The molecule has 4 rings (SSSR count). The second kappa shape index (κ2) is 9.41. The van der Waals surface area contributed by atoms with Crippen LogP contribution in [0.4, 0.5) is 11.4 Å². The van der Waals surface area contributed by atoms with Crippen LogP contribution in [0.15, 0.2) is 109 Å². The fourth-order valence-electron chi connectivity index (χ4n) is 2.97. The Balaban J connectivity index is 1.38. The average molecular weight is 408 g/mol. The van der Waals surface area contributed by atoms with Crippen LogP contribution in [0.3, 0.4) is 0 Å². The Morgan fingerprint density at radius 1 is 0.516 bits per heavy atom. The molecule has 152 valence electrons. The number of amides is 2. The molecular weight excluding hydrogens is 388 g/mol. The zero-order chi connectivity index (χ0) is 21.5. The van der Waals surface area contributed by atoms with E-state index in [1.165, 1.54) is 0 Å². The van der Waals surface area contributed by atoms with Gasteiger partial charge in [0.15, 0.2) is 0 Å². The molecule has 5 heteroatoms. The molecule has 0 unspecified atom stereocenters. The van der Waals surface area contributed by atoms with Crippen LogP contribution >= 0.6 is 0 Å². The molecule has 0 aliphatic heterocycles. The van der Waals surface area contributed by atoms with Crippen LogP contribution in [-0.2, 0) is 0 Å². The van der Waals surface area contributed by atoms with Crippen LogP contribution in [0.1, 0.15) is 20.7 Å². The molecule has 31 heavy (non-hydrogen) atoms. The van der Waals surface area contributed by atoms with Gasteiger partial charge in [-0.3, -0.25) is 9.59 Å². The molecular formula is C26H20N2O3. The van der Waals surface area contributed by atoms with Gasteiger partial charge in [0, 0.05) is 28.6 Å².